The molecule has 2 rings (SSSR count). The van der Waals surface area contributed by atoms with Crippen molar-refractivity contribution in [1.82, 2.24) is 10.2 Å². The van der Waals surface area contributed by atoms with Gasteiger partial charge in [0, 0.05) is 37.8 Å². The summed E-state index contributed by atoms with van der Waals surface area (Å²) in [6.45, 7) is 11.4. The zero-order valence-corrected chi connectivity index (χ0v) is 17.3. The van der Waals surface area contributed by atoms with E-state index in [0.717, 1.165) is 38.8 Å². The average molecular weight is 374 g/mol. The molecule has 0 aliphatic carbocycles. The third-order valence-corrected chi connectivity index (χ3v) is 5.35. The number of anilines is 1. The van der Waals surface area contributed by atoms with Crippen LogP contribution >= 0.6 is 0 Å². The number of amides is 3. The first kappa shape index (κ1) is 21.3. The number of hydrogen-bond donors (Lipinski definition) is 1. The fourth-order valence-corrected chi connectivity index (χ4v) is 3.64. The number of nitrogens with zero attached hydrogens (tertiary/aromatic N) is 2. The number of piperazine rings is 1. The first-order valence-corrected chi connectivity index (χ1v) is 10.3. The number of benzene rings is 1. The van der Waals surface area contributed by atoms with E-state index in [-0.39, 0.29) is 17.9 Å². The maximum atomic E-state index is 12.6. The fraction of sp³-hybridized carbons (Fsp3) is 0.636. The Bertz CT molecular complexity index is 622. The summed E-state index contributed by atoms with van der Waals surface area (Å²) < 4.78 is 0. The number of para-hydroxylation sites is 1. The van der Waals surface area contributed by atoms with Crippen molar-refractivity contribution in [3.8, 4) is 0 Å². The number of rotatable bonds is 7. The summed E-state index contributed by atoms with van der Waals surface area (Å²) in [4.78, 5) is 29.2. The highest BCUT2D eigenvalue weighted by molar-refractivity contribution is 5.95. The number of imide groups is 1. The number of aryl methyl sites for hydroxylation is 1. The zero-order chi connectivity index (χ0) is 19.8. The molecule has 1 fully saturated rings. The van der Waals surface area contributed by atoms with Gasteiger partial charge in [-0.05, 0) is 37.3 Å². The summed E-state index contributed by atoms with van der Waals surface area (Å²) in [5.41, 5.74) is 2.48. The van der Waals surface area contributed by atoms with Gasteiger partial charge >= 0.3 is 6.03 Å². The van der Waals surface area contributed by atoms with Crippen LogP contribution in [0, 0.1) is 18.8 Å². The Labute approximate surface area is 164 Å². The summed E-state index contributed by atoms with van der Waals surface area (Å²) in [5.74, 6) is 0.404. The fourth-order valence-electron chi connectivity index (χ4n) is 3.64. The van der Waals surface area contributed by atoms with Gasteiger partial charge < -0.3 is 9.80 Å². The van der Waals surface area contributed by atoms with E-state index in [1.54, 1.807) is 4.90 Å². The molecule has 1 N–H and O–H groups in total. The van der Waals surface area contributed by atoms with Crippen molar-refractivity contribution in [2.24, 2.45) is 11.8 Å². The van der Waals surface area contributed by atoms with Crippen LogP contribution in [0.1, 0.15) is 52.0 Å². The van der Waals surface area contributed by atoms with E-state index < -0.39 is 0 Å². The molecule has 0 bridgehead atoms. The molecule has 27 heavy (non-hydrogen) atoms. The monoisotopic (exact) mass is 373 g/mol. The van der Waals surface area contributed by atoms with Gasteiger partial charge in [0.05, 0.1) is 0 Å². The molecule has 0 spiro atoms. The van der Waals surface area contributed by atoms with Crippen molar-refractivity contribution in [3.05, 3.63) is 29.8 Å². The molecule has 1 aromatic rings. The SMILES string of the molecule is CCC[C@@H](CCC(C)C)C(=O)NC(=O)N1CCN(c2ccccc2C)CC1. The standard InChI is InChI=1S/C22H35N3O2/c1-5-8-19(12-11-17(2)3)21(26)23-22(27)25-15-13-24(14-16-25)20-10-7-6-9-18(20)4/h6-7,9-10,17,19H,5,8,11-16H2,1-4H3,(H,23,26,27)/t19-/m0/s1. The minimum atomic E-state index is -0.241. The van der Waals surface area contributed by atoms with Crippen molar-refractivity contribution >= 4 is 17.6 Å². The highest BCUT2D eigenvalue weighted by Gasteiger charge is 2.25. The molecule has 1 aliphatic heterocycles. The van der Waals surface area contributed by atoms with Crippen molar-refractivity contribution in [1.29, 1.82) is 0 Å². The molecular formula is C22H35N3O2. The Hall–Kier alpha value is -2.04. The topological polar surface area (TPSA) is 52.7 Å². The zero-order valence-electron chi connectivity index (χ0n) is 17.3. The number of nitrogens with one attached hydrogen (secondary N) is 1. The number of urea groups is 1. The van der Waals surface area contributed by atoms with Gasteiger partial charge in [0.1, 0.15) is 0 Å². The molecule has 0 aromatic heterocycles. The van der Waals surface area contributed by atoms with Gasteiger partial charge in [-0.2, -0.15) is 0 Å². The molecule has 1 saturated heterocycles. The lowest BCUT2D eigenvalue weighted by Gasteiger charge is -2.36. The van der Waals surface area contributed by atoms with Gasteiger partial charge in [-0.15, -0.1) is 0 Å². The van der Waals surface area contributed by atoms with Gasteiger partial charge in [-0.25, -0.2) is 4.79 Å². The summed E-state index contributed by atoms with van der Waals surface area (Å²) in [7, 11) is 0. The molecule has 1 aliphatic rings. The lowest BCUT2D eigenvalue weighted by Crippen LogP contribution is -2.53. The second-order valence-electron chi connectivity index (χ2n) is 8.01. The first-order chi connectivity index (χ1) is 12.9. The maximum Gasteiger partial charge on any atom is 0.324 e. The predicted octanol–water partition coefficient (Wildman–Crippen LogP) is 4.21. The molecule has 5 nitrogen and oxygen atoms in total. The van der Waals surface area contributed by atoms with E-state index in [1.807, 2.05) is 12.1 Å². The largest absolute Gasteiger partial charge is 0.368 e. The van der Waals surface area contributed by atoms with Crippen LogP contribution in [-0.4, -0.2) is 43.0 Å². The second kappa shape index (κ2) is 10.3. The maximum absolute atomic E-state index is 12.6. The third kappa shape index (κ3) is 6.26. The van der Waals surface area contributed by atoms with E-state index >= 15 is 0 Å². The normalized spacial score (nSPS) is 15.7. The smallest absolute Gasteiger partial charge is 0.324 e. The lowest BCUT2D eigenvalue weighted by atomic mass is 9.93. The van der Waals surface area contributed by atoms with Crippen LogP contribution in [-0.2, 0) is 4.79 Å². The van der Waals surface area contributed by atoms with E-state index in [4.69, 9.17) is 0 Å². The van der Waals surface area contributed by atoms with Crippen molar-refractivity contribution in [2.45, 2.75) is 53.4 Å². The summed E-state index contributed by atoms with van der Waals surface area (Å²) >= 11 is 0. The number of hydrogen-bond acceptors (Lipinski definition) is 3. The van der Waals surface area contributed by atoms with Crippen molar-refractivity contribution in [3.63, 3.8) is 0 Å². The van der Waals surface area contributed by atoms with Crippen LogP contribution in [0.5, 0.6) is 0 Å². The molecular weight excluding hydrogens is 338 g/mol. The van der Waals surface area contributed by atoms with Crippen molar-refractivity contribution in [2.75, 3.05) is 31.1 Å². The molecule has 3 amide bonds. The first-order valence-electron chi connectivity index (χ1n) is 10.3. The summed E-state index contributed by atoms with van der Waals surface area (Å²) in [5, 5.41) is 2.65. The predicted molar refractivity (Wildman–Crippen MR) is 111 cm³/mol. The van der Waals surface area contributed by atoms with E-state index in [1.165, 1.54) is 11.3 Å². The van der Waals surface area contributed by atoms with Crippen molar-refractivity contribution < 1.29 is 9.59 Å². The molecule has 0 unspecified atom stereocenters. The molecule has 0 saturated carbocycles. The summed E-state index contributed by atoms with van der Waals surface area (Å²) in [6.07, 6.45) is 3.67. The van der Waals surface area contributed by atoms with E-state index in [2.05, 4.69) is 50.0 Å². The van der Waals surface area contributed by atoms with Crippen LogP contribution in [0.2, 0.25) is 0 Å². The van der Waals surface area contributed by atoms with E-state index in [0.29, 0.717) is 19.0 Å². The molecule has 150 valence electrons. The lowest BCUT2D eigenvalue weighted by molar-refractivity contribution is -0.124. The van der Waals surface area contributed by atoms with Gasteiger partial charge in [-0.3, -0.25) is 10.1 Å². The second-order valence-corrected chi connectivity index (χ2v) is 8.01. The molecule has 1 heterocycles. The molecule has 1 aromatic carbocycles. The number of carbonyl (C=O) groups excluding carboxylic acids is 2. The average Bonchev–Trinajstić information content (AvgIpc) is 2.65. The van der Waals surface area contributed by atoms with Gasteiger partial charge in [-0.1, -0.05) is 51.8 Å². The quantitative estimate of drug-likeness (QED) is 0.779. The highest BCUT2D eigenvalue weighted by atomic mass is 16.2. The third-order valence-electron chi connectivity index (χ3n) is 5.35. The molecule has 0 radical (unpaired) electrons. The van der Waals surface area contributed by atoms with Crippen LogP contribution in [0.25, 0.3) is 0 Å². The minimum Gasteiger partial charge on any atom is -0.368 e. The molecule has 5 heteroatoms. The van der Waals surface area contributed by atoms with Crippen LogP contribution in [0.3, 0.4) is 0 Å². The van der Waals surface area contributed by atoms with Gasteiger partial charge in [0.25, 0.3) is 0 Å². The minimum absolute atomic E-state index is 0.0605. The van der Waals surface area contributed by atoms with Crippen LogP contribution < -0.4 is 10.2 Å². The Morgan fingerprint density at radius 3 is 2.30 bits per heavy atom. The Morgan fingerprint density at radius 1 is 1.04 bits per heavy atom. The molecule has 1 atom stereocenters. The Kier molecular flexibility index (Phi) is 8.14. The van der Waals surface area contributed by atoms with Gasteiger partial charge in [0.2, 0.25) is 5.91 Å². The van der Waals surface area contributed by atoms with Gasteiger partial charge in [0.15, 0.2) is 0 Å². The number of carbonyl (C=O) groups is 2. The van der Waals surface area contributed by atoms with E-state index in [9.17, 15) is 9.59 Å². The van der Waals surface area contributed by atoms with Crippen LogP contribution in [0.4, 0.5) is 10.5 Å². The van der Waals surface area contributed by atoms with Crippen LogP contribution in [0.15, 0.2) is 24.3 Å². The highest BCUT2D eigenvalue weighted by Crippen LogP contribution is 2.21. The summed E-state index contributed by atoms with van der Waals surface area (Å²) in [6, 6.07) is 8.08. The Balaban J connectivity index is 1.85. The Morgan fingerprint density at radius 2 is 1.70 bits per heavy atom.